The summed E-state index contributed by atoms with van der Waals surface area (Å²) in [6, 6.07) is 9.54. The Morgan fingerprint density at radius 3 is 2.08 bits per heavy atom. The quantitative estimate of drug-likeness (QED) is 0.665. The zero-order valence-corrected chi connectivity index (χ0v) is 14.8. The fourth-order valence-corrected chi connectivity index (χ4v) is 2.47. The van der Waals surface area contributed by atoms with Gasteiger partial charge in [0.15, 0.2) is 0 Å². The number of hydrogen-bond donors (Lipinski definition) is 2. The molecule has 0 bridgehead atoms. The molecule has 0 spiro atoms. The lowest BCUT2D eigenvalue weighted by Gasteiger charge is -2.15. The van der Waals surface area contributed by atoms with Gasteiger partial charge in [0.05, 0.1) is 5.56 Å². The van der Waals surface area contributed by atoms with Gasteiger partial charge in [-0.1, -0.05) is 12.1 Å². The first-order valence-electron chi connectivity index (χ1n) is 7.12. The van der Waals surface area contributed by atoms with Crippen molar-refractivity contribution in [3.63, 3.8) is 0 Å². The normalized spacial score (nSPS) is 12.5. The standard InChI is InChI=1S/C17H13F3INO3/c18-17(19,20)12-5-3-11(4-6-12)15(23)22-14(16(24)25)9-10-1-7-13(21)8-2-10/h1-8,14H,9H2,(H,22,23)(H,24,25)/t14-/m1/s1. The van der Waals surface area contributed by atoms with E-state index in [2.05, 4.69) is 27.9 Å². The summed E-state index contributed by atoms with van der Waals surface area (Å²) in [6.45, 7) is 0. The average Bonchev–Trinajstić information content (AvgIpc) is 2.55. The van der Waals surface area contributed by atoms with Crippen LogP contribution in [0.4, 0.5) is 13.2 Å². The van der Waals surface area contributed by atoms with Crippen molar-refractivity contribution < 1.29 is 27.9 Å². The molecule has 2 aromatic carbocycles. The van der Waals surface area contributed by atoms with Crippen LogP contribution in [-0.2, 0) is 17.4 Å². The Hall–Kier alpha value is -2.10. The van der Waals surface area contributed by atoms with Crippen molar-refractivity contribution in [2.75, 3.05) is 0 Å². The van der Waals surface area contributed by atoms with E-state index in [1.807, 2.05) is 12.1 Å². The number of carbonyl (C=O) groups excluding carboxylic acids is 1. The Kier molecular flexibility index (Phi) is 6.04. The van der Waals surface area contributed by atoms with Gasteiger partial charge in [-0.3, -0.25) is 4.79 Å². The molecule has 8 heteroatoms. The van der Waals surface area contributed by atoms with Gasteiger partial charge in [0.2, 0.25) is 0 Å². The highest BCUT2D eigenvalue weighted by molar-refractivity contribution is 14.1. The molecule has 0 radical (unpaired) electrons. The number of nitrogens with one attached hydrogen (secondary N) is 1. The van der Waals surface area contributed by atoms with E-state index in [1.54, 1.807) is 12.1 Å². The van der Waals surface area contributed by atoms with Crippen molar-refractivity contribution in [3.8, 4) is 0 Å². The smallest absolute Gasteiger partial charge is 0.416 e. The molecule has 2 N–H and O–H groups in total. The predicted octanol–water partition coefficient (Wildman–Crippen LogP) is 3.74. The maximum absolute atomic E-state index is 12.5. The fraction of sp³-hybridized carbons (Fsp3) is 0.176. The number of halogens is 4. The third kappa shape index (κ3) is 5.45. The molecule has 2 aromatic rings. The third-order valence-electron chi connectivity index (χ3n) is 3.43. The maximum Gasteiger partial charge on any atom is 0.416 e. The minimum Gasteiger partial charge on any atom is -0.480 e. The van der Waals surface area contributed by atoms with Gasteiger partial charge in [-0.05, 0) is 64.6 Å². The van der Waals surface area contributed by atoms with E-state index in [9.17, 15) is 27.9 Å². The maximum atomic E-state index is 12.5. The molecule has 0 aliphatic rings. The number of aliphatic carboxylic acids is 1. The number of carboxylic acid groups (broad SMARTS) is 1. The minimum absolute atomic E-state index is 0.0399. The number of carbonyl (C=O) groups is 2. The van der Waals surface area contributed by atoms with Crippen LogP contribution in [-0.4, -0.2) is 23.0 Å². The molecule has 1 atom stereocenters. The average molecular weight is 463 g/mol. The minimum atomic E-state index is -4.50. The second-order valence-corrected chi connectivity index (χ2v) is 6.52. The number of amides is 1. The van der Waals surface area contributed by atoms with Crippen LogP contribution in [0.3, 0.4) is 0 Å². The van der Waals surface area contributed by atoms with Crippen molar-refractivity contribution in [2.45, 2.75) is 18.6 Å². The Bertz CT molecular complexity index is 758. The van der Waals surface area contributed by atoms with Crippen molar-refractivity contribution >= 4 is 34.5 Å². The van der Waals surface area contributed by atoms with E-state index in [0.29, 0.717) is 0 Å². The van der Waals surface area contributed by atoms with Gasteiger partial charge in [0.25, 0.3) is 5.91 Å². The highest BCUT2D eigenvalue weighted by Crippen LogP contribution is 2.29. The summed E-state index contributed by atoms with van der Waals surface area (Å²) in [6.07, 6.45) is -4.43. The van der Waals surface area contributed by atoms with E-state index in [4.69, 9.17) is 0 Å². The van der Waals surface area contributed by atoms with Gasteiger partial charge in [0, 0.05) is 15.6 Å². The highest BCUT2D eigenvalue weighted by Gasteiger charge is 2.30. The number of benzene rings is 2. The predicted molar refractivity (Wildman–Crippen MR) is 93.2 cm³/mol. The lowest BCUT2D eigenvalue weighted by atomic mass is 10.1. The summed E-state index contributed by atoms with van der Waals surface area (Å²) >= 11 is 2.11. The van der Waals surface area contributed by atoms with Crippen molar-refractivity contribution in [3.05, 3.63) is 68.8 Å². The lowest BCUT2D eigenvalue weighted by Crippen LogP contribution is -2.42. The largest absolute Gasteiger partial charge is 0.480 e. The van der Waals surface area contributed by atoms with E-state index in [0.717, 1.165) is 33.4 Å². The van der Waals surface area contributed by atoms with E-state index in [1.165, 1.54) is 0 Å². The molecule has 0 saturated heterocycles. The summed E-state index contributed by atoms with van der Waals surface area (Å²) < 4.78 is 38.6. The summed E-state index contributed by atoms with van der Waals surface area (Å²) in [5.41, 5.74) is -0.194. The first kappa shape index (κ1) is 19.2. The Labute approximate surface area is 155 Å². The van der Waals surface area contributed by atoms with Crippen molar-refractivity contribution in [1.29, 1.82) is 0 Å². The van der Waals surface area contributed by atoms with E-state index in [-0.39, 0.29) is 12.0 Å². The number of rotatable bonds is 5. The highest BCUT2D eigenvalue weighted by atomic mass is 127. The molecule has 1 amide bonds. The van der Waals surface area contributed by atoms with Crippen LogP contribution in [0.15, 0.2) is 48.5 Å². The zero-order valence-electron chi connectivity index (χ0n) is 12.7. The second-order valence-electron chi connectivity index (χ2n) is 5.27. The van der Waals surface area contributed by atoms with Crippen LogP contribution in [0.2, 0.25) is 0 Å². The number of alkyl halides is 3. The number of carboxylic acids is 1. The van der Waals surface area contributed by atoms with Gasteiger partial charge in [-0.25, -0.2) is 4.79 Å². The van der Waals surface area contributed by atoms with Crippen LogP contribution in [0.25, 0.3) is 0 Å². The van der Waals surface area contributed by atoms with Gasteiger partial charge in [-0.15, -0.1) is 0 Å². The second kappa shape index (κ2) is 7.85. The van der Waals surface area contributed by atoms with Crippen molar-refractivity contribution in [2.24, 2.45) is 0 Å². The van der Waals surface area contributed by atoms with Crippen LogP contribution in [0, 0.1) is 3.57 Å². The Balaban J connectivity index is 2.09. The topological polar surface area (TPSA) is 66.4 Å². The molecule has 2 rings (SSSR count). The molecular formula is C17H13F3INO3. The molecule has 0 heterocycles. The molecule has 0 saturated carbocycles. The molecule has 0 aliphatic heterocycles. The molecule has 132 valence electrons. The fourth-order valence-electron chi connectivity index (χ4n) is 2.11. The molecule has 0 fully saturated rings. The summed E-state index contributed by atoms with van der Waals surface area (Å²) in [4.78, 5) is 23.5. The summed E-state index contributed by atoms with van der Waals surface area (Å²) in [5.74, 6) is -1.97. The Morgan fingerprint density at radius 2 is 1.60 bits per heavy atom. The summed E-state index contributed by atoms with van der Waals surface area (Å²) in [7, 11) is 0. The first-order valence-corrected chi connectivity index (χ1v) is 8.20. The van der Waals surface area contributed by atoms with Gasteiger partial charge >= 0.3 is 12.1 Å². The van der Waals surface area contributed by atoms with Gasteiger partial charge < -0.3 is 10.4 Å². The zero-order chi connectivity index (χ0) is 18.6. The van der Waals surface area contributed by atoms with E-state index >= 15 is 0 Å². The first-order chi connectivity index (χ1) is 11.7. The molecule has 25 heavy (non-hydrogen) atoms. The summed E-state index contributed by atoms with van der Waals surface area (Å²) in [5, 5.41) is 11.6. The monoisotopic (exact) mass is 463 g/mol. The molecular weight excluding hydrogens is 450 g/mol. The molecule has 0 unspecified atom stereocenters. The van der Waals surface area contributed by atoms with E-state index < -0.39 is 29.7 Å². The molecule has 0 aliphatic carbocycles. The Morgan fingerprint density at radius 1 is 1.04 bits per heavy atom. The molecule has 0 aromatic heterocycles. The van der Waals surface area contributed by atoms with Gasteiger partial charge in [-0.2, -0.15) is 13.2 Å². The van der Waals surface area contributed by atoms with Gasteiger partial charge in [0.1, 0.15) is 6.04 Å². The van der Waals surface area contributed by atoms with Crippen LogP contribution in [0.1, 0.15) is 21.5 Å². The van der Waals surface area contributed by atoms with Crippen LogP contribution >= 0.6 is 22.6 Å². The third-order valence-corrected chi connectivity index (χ3v) is 4.15. The number of hydrogen-bond acceptors (Lipinski definition) is 2. The molecule has 4 nitrogen and oxygen atoms in total. The lowest BCUT2D eigenvalue weighted by molar-refractivity contribution is -0.139. The van der Waals surface area contributed by atoms with Crippen LogP contribution in [0.5, 0.6) is 0 Å². The SMILES string of the molecule is O=C(N[C@H](Cc1ccc(I)cc1)C(=O)O)c1ccc(C(F)(F)F)cc1. The van der Waals surface area contributed by atoms with Crippen LogP contribution < -0.4 is 5.32 Å². The van der Waals surface area contributed by atoms with Crippen molar-refractivity contribution in [1.82, 2.24) is 5.32 Å².